The number of carbonyl (C=O) groups is 2. The molecule has 310 valence electrons. The summed E-state index contributed by atoms with van der Waals surface area (Å²) in [7, 11) is 0. The van der Waals surface area contributed by atoms with Crippen molar-refractivity contribution in [3.8, 4) is 0 Å². The fourth-order valence-corrected chi connectivity index (χ4v) is 7.81. The SMILES string of the molecule is C=Cc1c(C)c2[nH]c1=CC1=NC(=CC3=C(CCC(=O)O)/C(=C\O)C(=N3)C=C3N=C(C=2)C(C(O)CCC=C(C)CCC=C(C)CCC=C(C)C)=C3C)C(CCC(=O)O)=C1C. The Hall–Kier alpha value is -5.87. The van der Waals surface area contributed by atoms with Gasteiger partial charge in [0.15, 0.2) is 0 Å². The van der Waals surface area contributed by atoms with E-state index < -0.39 is 18.0 Å². The van der Waals surface area contributed by atoms with Gasteiger partial charge in [-0.15, -0.1) is 0 Å². The van der Waals surface area contributed by atoms with Crippen LogP contribution in [0.3, 0.4) is 0 Å². The highest BCUT2D eigenvalue weighted by molar-refractivity contribution is 6.25. The van der Waals surface area contributed by atoms with Crippen LogP contribution in [0.4, 0.5) is 0 Å². The molecule has 4 aliphatic rings. The van der Waals surface area contributed by atoms with Gasteiger partial charge in [0.05, 0.1) is 46.6 Å². The molecule has 0 fully saturated rings. The molecule has 1 unspecified atom stereocenters. The molecule has 0 aliphatic carbocycles. The molecule has 10 nitrogen and oxygen atoms in total. The van der Waals surface area contributed by atoms with Crippen LogP contribution in [-0.4, -0.2) is 60.6 Å². The first-order valence-corrected chi connectivity index (χ1v) is 20.4. The van der Waals surface area contributed by atoms with Gasteiger partial charge >= 0.3 is 11.9 Å². The fraction of sp³-hybridized carbons (Fsp3) is 0.367. The van der Waals surface area contributed by atoms with Crippen LogP contribution in [0.1, 0.15) is 117 Å². The van der Waals surface area contributed by atoms with Gasteiger partial charge in [-0.1, -0.05) is 47.6 Å². The van der Waals surface area contributed by atoms with Crippen molar-refractivity contribution < 1.29 is 30.0 Å². The summed E-state index contributed by atoms with van der Waals surface area (Å²) in [5.74, 6) is -1.94. The van der Waals surface area contributed by atoms with E-state index in [1.165, 1.54) is 16.7 Å². The Labute approximate surface area is 347 Å². The fourth-order valence-electron chi connectivity index (χ4n) is 7.81. The summed E-state index contributed by atoms with van der Waals surface area (Å²) in [6.45, 7) is 18.5. The van der Waals surface area contributed by atoms with Gasteiger partial charge in [0, 0.05) is 40.2 Å². The van der Waals surface area contributed by atoms with Gasteiger partial charge < -0.3 is 25.4 Å². The quantitative estimate of drug-likeness (QED) is 0.0778. The van der Waals surface area contributed by atoms with Crippen LogP contribution in [0.5, 0.6) is 0 Å². The number of hydrogen-bond donors (Lipinski definition) is 5. The molecule has 59 heavy (non-hydrogen) atoms. The number of allylic oxidation sites excluding steroid dienone is 13. The Balaban J connectivity index is 1.58. The van der Waals surface area contributed by atoms with E-state index in [-0.39, 0.29) is 25.7 Å². The third kappa shape index (κ3) is 10.8. The molecule has 5 N–H and O–H groups in total. The maximum Gasteiger partial charge on any atom is 0.303 e. The lowest BCUT2D eigenvalue weighted by atomic mass is 9.94. The number of aliphatic imine (C=N–C) groups is 3. The lowest BCUT2D eigenvalue weighted by Crippen LogP contribution is -2.20. The van der Waals surface area contributed by atoms with E-state index in [9.17, 15) is 30.0 Å². The summed E-state index contributed by atoms with van der Waals surface area (Å²) >= 11 is 0. The zero-order chi connectivity index (χ0) is 43.0. The van der Waals surface area contributed by atoms with Crippen LogP contribution in [0, 0.1) is 6.92 Å². The first-order valence-electron chi connectivity index (χ1n) is 20.4. The highest BCUT2D eigenvalue weighted by Crippen LogP contribution is 2.37. The normalized spacial score (nSPS) is 18.0. The lowest BCUT2D eigenvalue weighted by molar-refractivity contribution is -0.137. The zero-order valence-electron chi connectivity index (χ0n) is 35.5. The lowest BCUT2D eigenvalue weighted by Gasteiger charge is -2.13. The number of aliphatic hydroxyl groups excluding tert-OH is 2. The number of aliphatic carboxylic acids is 2. The van der Waals surface area contributed by atoms with Crippen LogP contribution in [0.15, 0.2) is 125 Å². The summed E-state index contributed by atoms with van der Waals surface area (Å²) < 4.78 is 0. The average Bonchev–Trinajstić information content (AvgIpc) is 3.85. The maximum absolute atomic E-state index is 11.9. The number of nitrogens with zero attached hydrogens (tertiary/aromatic N) is 3. The first kappa shape index (κ1) is 44.2. The van der Waals surface area contributed by atoms with Gasteiger partial charge in [-0.2, -0.15) is 0 Å². The van der Waals surface area contributed by atoms with E-state index in [1.54, 1.807) is 18.2 Å². The number of carboxylic acid groups (broad SMARTS) is 2. The smallest absolute Gasteiger partial charge is 0.303 e. The molecule has 4 aliphatic heterocycles. The van der Waals surface area contributed by atoms with E-state index >= 15 is 0 Å². The number of aromatic nitrogens is 1. The molecular weight excluding hydrogens is 741 g/mol. The van der Waals surface area contributed by atoms with Crippen LogP contribution in [-0.2, 0) is 9.59 Å². The molecule has 0 radical (unpaired) electrons. The largest absolute Gasteiger partial charge is 0.515 e. The van der Waals surface area contributed by atoms with Crippen molar-refractivity contribution in [2.45, 2.75) is 119 Å². The average molecular weight is 799 g/mol. The van der Waals surface area contributed by atoms with Gasteiger partial charge in [-0.3, -0.25) is 9.59 Å². The molecule has 8 bridgehead atoms. The Morgan fingerprint density at radius 1 is 0.729 bits per heavy atom. The van der Waals surface area contributed by atoms with Crippen molar-refractivity contribution in [2.24, 2.45) is 15.0 Å². The minimum absolute atomic E-state index is 0.0833. The van der Waals surface area contributed by atoms with Crippen molar-refractivity contribution in [3.05, 3.63) is 132 Å². The van der Waals surface area contributed by atoms with Gasteiger partial charge in [0.1, 0.15) is 0 Å². The van der Waals surface area contributed by atoms with Crippen LogP contribution >= 0.6 is 0 Å². The van der Waals surface area contributed by atoms with Gasteiger partial charge in [0.2, 0.25) is 0 Å². The van der Waals surface area contributed by atoms with Gasteiger partial charge in [-0.25, -0.2) is 15.0 Å². The second-order valence-corrected chi connectivity index (χ2v) is 15.9. The molecular formula is C49H58N4O6. The molecule has 0 saturated carbocycles. The molecule has 5 heterocycles. The van der Waals surface area contributed by atoms with E-state index in [0.717, 1.165) is 70.5 Å². The minimum Gasteiger partial charge on any atom is -0.515 e. The van der Waals surface area contributed by atoms with Crippen molar-refractivity contribution in [1.29, 1.82) is 0 Å². The number of hydrogen-bond acceptors (Lipinski definition) is 7. The number of aromatic amines is 1. The molecule has 5 rings (SSSR count). The van der Waals surface area contributed by atoms with Gasteiger partial charge in [0.25, 0.3) is 0 Å². The molecule has 0 spiro atoms. The summed E-state index contributed by atoms with van der Waals surface area (Å²) in [6, 6.07) is 0. The number of fused-ring (bicyclic) bond motifs is 5. The number of carboxylic acids is 2. The van der Waals surface area contributed by atoms with Crippen LogP contribution < -0.4 is 10.7 Å². The Kier molecular flexibility index (Phi) is 14.8. The van der Waals surface area contributed by atoms with E-state index in [0.29, 0.717) is 63.8 Å². The minimum atomic E-state index is -1.00. The Morgan fingerprint density at radius 3 is 1.97 bits per heavy atom. The number of H-pyrrole nitrogens is 1. The first-order chi connectivity index (χ1) is 28.1. The topological polar surface area (TPSA) is 168 Å². The van der Waals surface area contributed by atoms with E-state index in [1.807, 2.05) is 32.9 Å². The third-order valence-corrected chi connectivity index (χ3v) is 11.2. The van der Waals surface area contributed by atoms with Crippen molar-refractivity contribution in [1.82, 2.24) is 4.98 Å². The highest BCUT2D eigenvalue weighted by Gasteiger charge is 2.30. The van der Waals surface area contributed by atoms with Gasteiger partial charge in [-0.05, 0) is 152 Å². The standard InChI is InChI=1S/C49H58N4O6/c1-9-34-31(6)39-25-45-49(46(55)18-12-17-30(5)16-11-15-29(4)14-10-13-28(2)3)33(8)40(52-45)24-44-37(27-54)36(20-22-48(58)59)43(53-44)26-42-35(19-21-47(56)57)32(7)38(51-42)23-41(34)50-39/h9,13,15,17,23-27,46,50,54-55H,1,10-12,14,16,18-22H2,2-8H3,(H,56,57)(H,58,59)/b29-15?,30-17?,37-27+,39-25?,40-24?,41-23?,42-26?. The molecule has 1 aromatic heterocycles. The van der Waals surface area contributed by atoms with Crippen LogP contribution in [0.2, 0.25) is 0 Å². The molecule has 0 amide bonds. The third-order valence-electron chi connectivity index (χ3n) is 11.2. The van der Waals surface area contributed by atoms with Crippen molar-refractivity contribution >= 4 is 47.3 Å². The molecule has 1 aromatic rings. The predicted octanol–water partition coefficient (Wildman–Crippen LogP) is 9.29. The van der Waals surface area contributed by atoms with E-state index in [2.05, 4.69) is 57.5 Å². The van der Waals surface area contributed by atoms with E-state index in [4.69, 9.17) is 15.0 Å². The summed E-state index contributed by atoms with van der Waals surface area (Å²) in [5, 5.41) is 43.2. The summed E-state index contributed by atoms with van der Waals surface area (Å²) in [5.41, 5.74) is 12.8. The second-order valence-electron chi connectivity index (χ2n) is 15.9. The maximum atomic E-state index is 11.9. The van der Waals surface area contributed by atoms with Crippen molar-refractivity contribution in [2.75, 3.05) is 0 Å². The molecule has 0 saturated heterocycles. The monoisotopic (exact) mass is 798 g/mol. The summed E-state index contributed by atoms with van der Waals surface area (Å²) in [6.07, 6.45) is 21.3. The van der Waals surface area contributed by atoms with Crippen LogP contribution in [0.25, 0.3) is 18.2 Å². The molecule has 10 heteroatoms. The second kappa shape index (κ2) is 19.7. The molecule has 0 aromatic carbocycles. The Bertz CT molecular complexity index is 2440. The highest BCUT2D eigenvalue weighted by atomic mass is 16.4. The number of rotatable bonds is 17. The number of aliphatic hydroxyl groups is 2. The molecule has 1 atom stereocenters. The summed E-state index contributed by atoms with van der Waals surface area (Å²) in [4.78, 5) is 41.9. The predicted molar refractivity (Wildman–Crippen MR) is 240 cm³/mol. The Morgan fingerprint density at radius 2 is 1.34 bits per heavy atom. The van der Waals surface area contributed by atoms with Crippen molar-refractivity contribution in [3.63, 3.8) is 0 Å². The zero-order valence-corrected chi connectivity index (χ0v) is 35.5. The number of nitrogens with one attached hydrogen (secondary N) is 1.